The van der Waals surface area contributed by atoms with Crippen molar-refractivity contribution >= 4 is 11.8 Å². The standard InChI is InChI=1S/C19H18N4O2/c20-18(24)17(10-16-11-21-12-22-16)23-19(25)15-8-6-14(7-9-15)13-4-2-1-3-5-13/h1-9,11-12,17H,10H2,(H2,20,24)(H,21,22)(H,23,25). The topological polar surface area (TPSA) is 101 Å². The number of nitrogens with one attached hydrogen (secondary N) is 2. The Bertz CT molecular complexity index is 843. The Morgan fingerprint density at radius 1 is 1.04 bits per heavy atom. The summed E-state index contributed by atoms with van der Waals surface area (Å²) in [5.74, 6) is -0.938. The van der Waals surface area contributed by atoms with Crippen molar-refractivity contribution in [1.82, 2.24) is 15.3 Å². The highest BCUT2D eigenvalue weighted by molar-refractivity contribution is 5.97. The van der Waals surface area contributed by atoms with Crippen molar-refractivity contribution in [2.75, 3.05) is 0 Å². The molecule has 0 aliphatic rings. The first kappa shape index (κ1) is 16.4. The van der Waals surface area contributed by atoms with E-state index in [1.165, 1.54) is 6.33 Å². The minimum atomic E-state index is -0.804. The van der Waals surface area contributed by atoms with Crippen molar-refractivity contribution < 1.29 is 9.59 Å². The monoisotopic (exact) mass is 334 g/mol. The van der Waals surface area contributed by atoms with Gasteiger partial charge in [0.15, 0.2) is 0 Å². The van der Waals surface area contributed by atoms with Gasteiger partial charge in [0.1, 0.15) is 6.04 Å². The average molecular weight is 334 g/mol. The minimum absolute atomic E-state index is 0.267. The van der Waals surface area contributed by atoms with E-state index >= 15 is 0 Å². The van der Waals surface area contributed by atoms with Gasteiger partial charge in [0.25, 0.3) is 5.91 Å². The predicted octanol–water partition coefficient (Wildman–Crippen LogP) is 1.90. The maximum atomic E-state index is 12.4. The van der Waals surface area contributed by atoms with E-state index < -0.39 is 11.9 Å². The van der Waals surface area contributed by atoms with Crippen LogP contribution in [0.25, 0.3) is 11.1 Å². The van der Waals surface area contributed by atoms with Crippen LogP contribution in [0.4, 0.5) is 0 Å². The molecule has 0 fully saturated rings. The molecule has 25 heavy (non-hydrogen) atoms. The Morgan fingerprint density at radius 2 is 1.72 bits per heavy atom. The first-order chi connectivity index (χ1) is 12.1. The molecule has 0 spiro atoms. The number of carbonyl (C=O) groups excluding carboxylic acids is 2. The van der Waals surface area contributed by atoms with Gasteiger partial charge in [-0.1, -0.05) is 42.5 Å². The summed E-state index contributed by atoms with van der Waals surface area (Å²) >= 11 is 0. The number of hydrogen-bond donors (Lipinski definition) is 3. The molecule has 0 aliphatic carbocycles. The highest BCUT2D eigenvalue weighted by Gasteiger charge is 2.20. The number of nitrogens with zero attached hydrogens (tertiary/aromatic N) is 1. The molecule has 126 valence electrons. The van der Waals surface area contributed by atoms with Crippen LogP contribution in [0.15, 0.2) is 67.1 Å². The summed E-state index contributed by atoms with van der Waals surface area (Å²) in [5, 5.41) is 2.67. The fourth-order valence-electron chi connectivity index (χ4n) is 2.53. The number of rotatable bonds is 6. The molecule has 6 heteroatoms. The van der Waals surface area contributed by atoms with Crippen molar-refractivity contribution in [3.63, 3.8) is 0 Å². The second-order valence-electron chi connectivity index (χ2n) is 5.65. The highest BCUT2D eigenvalue weighted by atomic mass is 16.2. The number of aromatic amines is 1. The lowest BCUT2D eigenvalue weighted by molar-refractivity contribution is -0.119. The van der Waals surface area contributed by atoms with Crippen LogP contribution < -0.4 is 11.1 Å². The number of amides is 2. The van der Waals surface area contributed by atoms with Crippen molar-refractivity contribution in [2.24, 2.45) is 5.73 Å². The van der Waals surface area contributed by atoms with Gasteiger partial charge in [0.05, 0.1) is 6.33 Å². The zero-order valence-electron chi connectivity index (χ0n) is 13.5. The molecule has 3 rings (SSSR count). The second-order valence-corrected chi connectivity index (χ2v) is 5.65. The lowest BCUT2D eigenvalue weighted by Crippen LogP contribution is -2.45. The van der Waals surface area contributed by atoms with Gasteiger partial charge in [-0.3, -0.25) is 9.59 Å². The van der Waals surface area contributed by atoms with Crippen LogP contribution in [0.3, 0.4) is 0 Å². The van der Waals surface area contributed by atoms with Crippen LogP contribution in [-0.2, 0) is 11.2 Å². The zero-order chi connectivity index (χ0) is 17.6. The summed E-state index contributed by atoms with van der Waals surface area (Å²) in [6.45, 7) is 0. The lowest BCUT2D eigenvalue weighted by Gasteiger charge is -2.15. The van der Waals surface area contributed by atoms with Gasteiger partial charge in [-0.05, 0) is 23.3 Å². The van der Waals surface area contributed by atoms with E-state index in [0.717, 1.165) is 16.8 Å². The molecular weight excluding hydrogens is 316 g/mol. The maximum Gasteiger partial charge on any atom is 0.251 e. The molecule has 0 saturated heterocycles. The molecule has 0 radical (unpaired) electrons. The van der Waals surface area contributed by atoms with E-state index in [1.54, 1.807) is 18.3 Å². The fourth-order valence-corrected chi connectivity index (χ4v) is 2.53. The van der Waals surface area contributed by atoms with Gasteiger partial charge in [-0.2, -0.15) is 0 Å². The van der Waals surface area contributed by atoms with Crippen LogP contribution in [-0.4, -0.2) is 27.8 Å². The van der Waals surface area contributed by atoms with Gasteiger partial charge in [-0.15, -0.1) is 0 Å². The van der Waals surface area contributed by atoms with Crippen LogP contribution in [0, 0.1) is 0 Å². The van der Waals surface area contributed by atoms with Crippen molar-refractivity contribution in [1.29, 1.82) is 0 Å². The molecule has 0 saturated carbocycles. The molecule has 4 N–H and O–H groups in total. The van der Waals surface area contributed by atoms with E-state index in [2.05, 4.69) is 15.3 Å². The molecule has 1 aromatic heterocycles. The van der Waals surface area contributed by atoms with Crippen molar-refractivity contribution in [2.45, 2.75) is 12.5 Å². The Kier molecular flexibility index (Phi) is 4.89. The number of primary amides is 1. The number of nitrogens with two attached hydrogens (primary N) is 1. The molecule has 2 aromatic carbocycles. The minimum Gasteiger partial charge on any atom is -0.368 e. The van der Waals surface area contributed by atoms with Gasteiger partial charge >= 0.3 is 0 Å². The zero-order valence-corrected chi connectivity index (χ0v) is 13.5. The summed E-state index contributed by atoms with van der Waals surface area (Å²) in [6.07, 6.45) is 3.37. The number of benzene rings is 2. The summed E-state index contributed by atoms with van der Waals surface area (Å²) in [5.41, 5.74) is 8.67. The number of carbonyl (C=O) groups is 2. The quantitative estimate of drug-likeness (QED) is 0.642. The highest BCUT2D eigenvalue weighted by Crippen LogP contribution is 2.19. The Labute approximate surface area is 145 Å². The number of H-pyrrole nitrogens is 1. The first-order valence-electron chi connectivity index (χ1n) is 7.86. The summed E-state index contributed by atoms with van der Waals surface area (Å²) < 4.78 is 0. The average Bonchev–Trinajstić information content (AvgIpc) is 3.15. The first-order valence-corrected chi connectivity index (χ1v) is 7.86. The normalized spacial score (nSPS) is 11.7. The number of hydrogen-bond acceptors (Lipinski definition) is 3. The van der Waals surface area contributed by atoms with Crippen LogP contribution in [0.1, 0.15) is 16.1 Å². The maximum absolute atomic E-state index is 12.4. The van der Waals surface area contributed by atoms with E-state index in [0.29, 0.717) is 5.56 Å². The SMILES string of the molecule is NC(=O)C(Cc1cnc[nH]1)NC(=O)c1ccc(-c2ccccc2)cc1. The van der Waals surface area contributed by atoms with Gasteiger partial charge < -0.3 is 16.0 Å². The van der Waals surface area contributed by atoms with E-state index in [-0.39, 0.29) is 12.3 Å². The fraction of sp³-hybridized carbons (Fsp3) is 0.105. The van der Waals surface area contributed by atoms with E-state index in [4.69, 9.17) is 5.73 Å². The van der Waals surface area contributed by atoms with Gasteiger partial charge in [0.2, 0.25) is 5.91 Å². The van der Waals surface area contributed by atoms with Crippen LogP contribution in [0.2, 0.25) is 0 Å². The van der Waals surface area contributed by atoms with E-state index in [1.807, 2.05) is 42.5 Å². The number of aromatic nitrogens is 2. The molecule has 0 bridgehead atoms. The van der Waals surface area contributed by atoms with Crippen LogP contribution >= 0.6 is 0 Å². The third-order valence-corrected chi connectivity index (χ3v) is 3.88. The molecule has 1 atom stereocenters. The molecule has 1 heterocycles. The molecule has 3 aromatic rings. The van der Waals surface area contributed by atoms with Gasteiger partial charge in [-0.25, -0.2) is 4.98 Å². The summed E-state index contributed by atoms with van der Waals surface area (Å²) in [7, 11) is 0. The van der Waals surface area contributed by atoms with Crippen molar-refractivity contribution in [3.05, 3.63) is 78.4 Å². The Morgan fingerprint density at radius 3 is 2.32 bits per heavy atom. The summed E-state index contributed by atoms with van der Waals surface area (Å²) in [4.78, 5) is 30.8. The van der Waals surface area contributed by atoms with E-state index in [9.17, 15) is 9.59 Å². The third kappa shape index (κ3) is 4.11. The predicted molar refractivity (Wildman–Crippen MR) is 94.6 cm³/mol. The molecule has 2 amide bonds. The third-order valence-electron chi connectivity index (χ3n) is 3.88. The smallest absolute Gasteiger partial charge is 0.251 e. The molecule has 6 nitrogen and oxygen atoms in total. The molecular formula is C19H18N4O2. The van der Waals surface area contributed by atoms with Gasteiger partial charge in [0, 0.05) is 23.9 Å². The second kappa shape index (κ2) is 7.44. The Balaban J connectivity index is 1.70. The summed E-state index contributed by atoms with van der Waals surface area (Å²) in [6, 6.07) is 16.3. The van der Waals surface area contributed by atoms with Crippen LogP contribution in [0.5, 0.6) is 0 Å². The molecule has 1 unspecified atom stereocenters. The lowest BCUT2D eigenvalue weighted by atomic mass is 10.0. The Hall–Kier alpha value is -3.41. The number of imidazole rings is 1. The molecule has 0 aliphatic heterocycles. The largest absolute Gasteiger partial charge is 0.368 e. The van der Waals surface area contributed by atoms with Crippen molar-refractivity contribution in [3.8, 4) is 11.1 Å².